The first-order valence-corrected chi connectivity index (χ1v) is 6.13. The molecule has 0 unspecified atom stereocenters. The molecular formula is C12H9BrN2O4. The van der Waals surface area contributed by atoms with Crippen LogP contribution in [0.2, 0.25) is 0 Å². The highest BCUT2D eigenvalue weighted by molar-refractivity contribution is 9.10. The third-order valence-corrected chi connectivity index (χ3v) is 3.17. The predicted molar refractivity (Wildman–Crippen MR) is 70.7 cm³/mol. The van der Waals surface area contributed by atoms with Gasteiger partial charge in [0.2, 0.25) is 0 Å². The summed E-state index contributed by atoms with van der Waals surface area (Å²) in [5.74, 6) is -1.03. The van der Waals surface area contributed by atoms with Crippen LogP contribution in [0.15, 0.2) is 45.3 Å². The van der Waals surface area contributed by atoms with E-state index >= 15 is 0 Å². The fraction of sp³-hybridized carbons (Fsp3) is 0.0833. The molecule has 1 N–H and O–H groups in total. The van der Waals surface area contributed by atoms with Crippen molar-refractivity contribution in [2.24, 2.45) is 0 Å². The molecule has 0 aliphatic heterocycles. The molecule has 1 aromatic heterocycles. The lowest BCUT2D eigenvalue weighted by atomic mass is 10.2. The highest BCUT2D eigenvalue weighted by Gasteiger charge is 2.17. The Bertz CT molecular complexity index is 624. The fourth-order valence-corrected chi connectivity index (χ4v) is 1.88. The number of hydrogen-bond acceptors (Lipinski definition) is 4. The summed E-state index contributed by atoms with van der Waals surface area (Å²) in [6.45, 7) is 0.300. The predicted octanol–water partition coefficient (Wildman–Crippen LogP) is 2.88. The van der Waals surface area contributed by atoms with E-state index in [-0.39, 0.29) is 5.76 Å². The van der Waals surface area contributed by atoms with Gasteiger partial charge in [-0.1, -0.05) is 34.1 Å². The summed E-state index contributed by atoms with van der Waals surface area (Å²) >= 11 is 3.36. The Hall–Kier alpha value is -2.15. The maximum absolute atomic E-state index is 11.7. The average Bonchev–Trinajstić information content (AvgIpc) is 2.87. The summed E-state index contributed by atoms with van der Waals surface area (Å²) in [7, 11) is 0. The second kappa shape index (κ2) is 5.66. The van der Waals surface area contributed by atoms with Gasteiger partial charge in [0.25, 0.3) is 5.91 Å². The maximum Gasteiger partial charge on any atom is 0.433 e. The van der Waals surface area contributed by atoms with Gasteiger partial charge in [0.1, 0.15) is 4.92 Å². The van der Waals surface area contributed by atoms with Gasteiger partial charge in [-0.3, -0.25) is 14.9 Å². The molecular weight excluding hydrogens is 316 g/mol. The van der Waals surface area contributed by atoms with Gasteiger partial charge in [0, 0.05) is 11.0 Å². The molecule has 98 valence electrons. The monoisotopic (exact) mass is 324 g/mol. The Morgan fingerprint density at radius 3 is 2.68 bits per heavy atom. The highest BCUT2D eigenvalue weighted by Crippen LogP contribution is 2.17. The van der Waals surface area contributed by atoms with Gasteiger partial charge in [-0.05, 0) is 17.7 Å². The summed E-state index contributed by atoms with van der Waals surface area (Å²) in [6, 6.07) is 9.85. The van der Waals surface area contributed by atoms with Crippen LogP contribution >= 0.6 is 15.9 Å². The van der Waals surface area contributed by atoms with Crippen LogP contribution in [0.3, 0.4) is 0 Å². The maximum atomic E-state index is 11.7. The molecule has 0 fully saturated rings. The largest absolute Gasteiger partial charge is 0.433 e. The zero-order chi connectivity index (χ0) is 13.8. The number of carbonyl (C=O) groups excluding carboxylic acids is 1. The smallest absolute Gasteiger partial charge is 0.395 e. The van der Waals surface area contributed by atoms with Gasteiger partial charge in [-0.25, -0.2) is 0 Å². The van der Waals surface area contributed by atoms with E-state index < -0.39 is 16.7 Å². The number of nitrogens with zero attached hydrogens (tertiary/aromatic N) is 1. The van der Waals surface area contributed by atoms with Crippen molar-refractivity contribution in [3.05, 3.63) is 62.3 Å². The Morgan fingerprint density at radius 2 is 2.05 bits per heavy atom. The molecule has 0 aliphatic rings. The molecule has 0 spiro atoms. The quantitative estimate of drug-likeness (QED) is 0.692. The lowest BCUT2D eigenvalue weighted by Gasteiger charge is -2.05. The second-order valence-corrected chi connectivity index (χ2v) is 4.52. The molecule has 7 heteroatoms. The van der Waals surface area contributed by atoms with E-state index in [1.165, 1.54) is 6.07 Å². The number of halogens is 1. The molecule has 0 aliphatic carbocycles. The van der Waals surface area contributed by atoms with E-state index in [0.29, 0.717) is 6.54 Å². The summed E-state index contributed by atoms with van der Waals surface area (Å²) in [4.78, 5) is 21.5. The Labute approximate surface area is 116 Å². The normalized spacial score (nSPS) is 10.2. The number of amides is 1. The van der Waals surface area contributed by atoms with E-state index in [1.54, 1.807) is 0 Å². The Kier molecular flexibility index (Phi) is 3.96. The number of nitrogens with one attached hydrogen (secondary N) is 1. The summed E-state index contributed by atoms with van der Waals surface area (Å²) < 4.78 is 5.68. The minimum atomic E-state index is -0.690. The van der Waals surface area contributed by atoms with Gasteiger partial charge in [-0.15, -0.1) is 0 Å². The first kappa shape index (κ1) is 13.3. The second-order valence-electron chi connectivity index (χ2n) is 3.67. The van der Waals surface area contributed by atoms with Gasteiger partial charge in [-0.2, -0.15) is 0 Å². The first-order valence-electron chi connectivity index (χ1n) is 5.34. The standard InChI is InChI=1S/C12H9BrN2O4/c13-9-4-2-1-3-8(9)7-14-12(16)10-5-6-11(19-10)15(17)18/h1-6H,7H2,(H,14,16). The fourth-order valence-electron chi connectivity index (χ4n) is 1.45. The van der Waals surface area contributed by atoms with Crippen molar-refractivity contribution in [3.63, 3.8) is 0 Å². The third-order valence-electron chi connectivity index (χ3n) is 2.39. The number of rotatable bonds is 4. The highest BCUT2D eigenvalue weighted by atomic mass is 79.9. The van der Waals surface area contributed by atoms with Crippen molar-refractivity contribution >= 4 is 27.7 Å². The van der Waals surface area contributed by atoms with Crippen LogP contribution in [0.5, 0.6) is 0 Å². The topological polar surface area (TPSA) is 85.4 Å². The van der Waals surface area contributed by atoms with E-state index in [1.807, 2.05) is 24.3 Å². The van der Waals surface area contributed by atoms with Crippen molar-refractivity contribution in [2.45, 2.75) is 6.54 Å². The molecule has 0 atom stereocenters. The molecule has 2 aromatic rings. The molecule has 2 rings (SSSR count). The third kappa shape index (κ3) is 3.19. The Morgan fingerprint density at radius 1 is 1.32 bits per heavy atom. The van der Waals surface area contributed by atoms with Crippen molar-refractivity contribution < 1.29 is 14.1 Å². The van der Waals surface area contributed by atoms with Crippen molar-refractivity contribution in [1.82, 2.24) is 5.32 Å². The lowest BCUT2D eigenvalue weighted by molar-refractivity contribution is -0.402. The van der Waals surface area contributed by atoms with Gasteiger partial charge in [0.15, 0.2) is 5.76 Å². The van der Waals surface area contributed by atoms with Gasteiger partial charge < -0.3 is 9.73 Å². The molecule has 0 radical (unpaired) electrons. The molecule has 1 heterocycles. The summed E-state index contributed by atoms with van der Waals surface area (Å²) in [5.41, 5.74) is 0.900. The van der Waals surface area contributed by atoms with Gasteiger partial charge >= 0.3 is 5.88 Å². The van der Waals surface area contributed by atoms with Crippen LogP contribution in [0.1, 0.15) is 16.1 Å². The average molecular weight is 325 g/mol. The SMILES string of the molecule is O=C(NCc1ccccc1Br)c1ccc([N+](=O)[O-])o1. The van der Waals surface area contributed by atoms with E-state index in [2.05, 4.69) is 21.2 Å². The van der Waals surface area contributed by atoms with Crippen LogP contribution in [0.25, 0.3) is 0 Å². The van der Waals surface area contributed by atoms with Crippen LogP contribution in [0.4, 0.5) is 5.88 Å². The zero-order valence-corrected chi connectivity index (χ0v) is 11.2. The minimum absolute atomic E-state index is 0.0845. The van der Waals surface area contributed by atoms with E-state index in [4.69, 9.17) is 4.42 Å². The summed E-state index contributed by atoms with van der Waals surface area (Å²) in [6.07, 6.45) is 0. The molecule has 6 nitrogen and oxygen atoms in total. The molecule has 1 aromatic carbocycles. The number of benzene rings is 1. The minimum Gasteiger partial charge on any atom is -0.395 e. The van der Waals surface area contributed by atoms with Crippen molar-refractivity contribution in [2.75, 3.05) is 0 Å². The molecule has 0 saturated heterocycles. The summed E-state index contributed by atoms with van der Waals surface area (Å²) in [5, 5.41) is 13.1. The van der Waals surface area contributed by atoms with Crippen LogP contribution in [-0.4, -0.2) is 10.8 Å². The number of nitro groups is 1. The number of hydrogen-bond donors (Lipinski definition) is 1. The van der Waals surface area contributed by atoms with Crippen molar-refractivity contribution in [1.29, 1.82) is 0 Å². The lowest BCUT2D eigenvalue weighted by Crippen LogP contribution is -2.22. The number of carbonyl (C=O) groups is 1. The van der Waals surface area contributed by atoms with Crippen LogP contribution in [0, 0.1) is 10.1 Å². The molecule has 1 amide bonds. The van der Waals surface area contributed by atoms with E-state index in [9.17, 15) is 14.9 Å². The van der Waals surface area contributed by atoms with E-state index in [0.717, 1.165) is 16.1 Å². The van der Waals surface area contributed by atoms with Crippen LogP contribution in [-0.2, 0) is 6.54 Å². The Balaban J connectivity index is 2.01. The molecule has 0 saturated carbocycles. The number of furan rings is 1. The van der Waals surface area contributed by atoms with Crippen LogP contribution < -0.4 is 5.32 Å². The zero-order valence-electron chi connectivity index (χ0n) is 9.63. The molecule has 19 heavy (non-hydrogen) atoms. The van der Waals surface area contributed by atoms with Gasteiger partial charge in [0.05, 0.1) is 6.07 Å². The van der Waals surface area contributed by atoms with Crippen molar-refractivity contribution in [3.8, 4) is 0 Å². The molecule has 0 bridgehead atoms. The first-order chi connectivity index (χ1) is 9.08.